The van der Waals surface area contributed by atoms with Gasteiger partial charge < -0.3 is 39.2 Å². The summed E-state index contributed by atoms with van der Waals surface area (Å²) in [4.78, 5) is 57.4. The number of aliphatic hydroxyl groups excluding tert-OH is 2. The number of ether oxygens (including phenoxy) is 4. The molecule has 1 aliphatic carbocycles. The van der Waals surface area contributed by atoms with Gasteiger partial charge in [0.2, 0.25) is 5.79 Å². The van der Waals surface area contributed by atoms with Crippen LogP contribution in [0.4, 0.5) is 0 Å². The summed E-state index contributed by atoms with van der Waals surface area (Å²) < 4.78 is 23.7. The third-order valence-electron chi connectivity index (χ3n) is 14.1. The average molecular weight is 870 g/mol. The number of methoxy groups -OCH3 is 2. The number of esters is 1. The molecule has 0 aromatic heterocycles. The zero-order chi connectivity index (χ0) is 45.7. The standard InChI is InChI=1S/C50H79NO11/c1-31-15-11-10-12-16-32(2)27-35(5)44(53)46(60-9)45(54)36(6)28-33(3)19-25-42(34(4)29-38-21-24-41(52)43(30-38)59-8)61-49(57)40-17-13-14-26-51(40)48(56)47(55)50(58)37(7)20-23-39(62-50)22-18-31/h10-12,15-16,28,32-35,37-43,45-46,52,54,58H,13-14,17-27,29-30H2,1-9H3/b11-10+,16-12+,31-15+,36-28+/t32-,33+,34?,35-,37-,38+,39-,40+,41-,42+,43-,45-,46+,50-/m1/s1. The Balaban J connectivity index is 1.64. The molecule has 0 aromatic carbocycles. The van der Waals surface area contributed by atoms with Crippen LogP contribution in [0.1, 0.15) is 138 Å². The lowest BCUT2D eigenvalue weighted by molar-refractivity contribution is -0.263. The van der Waals surface area contributed by atoms with E-state index in [2.05, 4.69) is 19.9 Å². The predicted molar refractivity (Wildman–Crippen MR) is 239 cm³/mol. The van der Waals surface area contributed by atoms with Gasteiger partial charge in [0.1, 0.15) is 24.4 Å². The largest absolute Gasteiger partial charge is 0.461 e. The number of rotatable bonds is 5. The fourth-order valence-corrected chi connectivity index (χ4v) is 10.0. The van der Waals surface area contributed by atoms with E-state index >= 15 is 0 Å². The van der Waals surface area contributed by atoms with Crippen LogP contribution in [-0.2, 0) is 38.1 Å². The Morgan fingerprint density at radius 2 is 1.60 bits per heavy atom. The van der Waals surface area contributed by atoms with E-state index in [0.717, 1.165) is 18.4 Å². The number of carbonyl (C=O) groups excluding carboxylic acids is 4. The molecule has 0 aromatic rings. The molecule has 4 aliphatic rings. The maximum atomic E-state index is 14.3. The van der Waals surface area contributed by atoms with Crippen LogP contribution in [0, 0.1) is 35.5 Å². The van der Waals surface area contributed by atoms with Crippen molar-refractivity contribution in [2.24, 2.45) is 35.5 Å². The minimum Gasteiger partial charge on any atom is -0.461 e. The Morgan fingerprint density at radius 1 is 0.855 bits per heavy atom. The first-order valence-electron chi connectivity index (χ1n) is 23.5. The Labute approximate surface area is 371 Å². The molecule has 12 heteroatoms. The molecular weight excluding hydrogens is 791 g/mol. The van der Waals surface area contributed by atoms with Crippen molar-refractivity contribution >= 4 is 23.4 Å². The molecule has 3 N–H and O–H groups in total. The first-order chi connectivity index (χ1) is 29.4. The van der Waals surface area contributed by atoms with Crippen molar-refractivity contribution < 1.29 is 53.4 Å². The Bertz CT molecular complexity index is 1620. The fourth-order valence-electron chi connectivity index (χ4n) is 10.0. The lowest BCUT2D eigenvalue weighted by Gasteiger charge is -2.42. The summed E-state index contributed by atoms with van der Waals surface area (Å²) in [5.41, 5.74) is 1.70. The van der Waals surface area contributed by atoms with Crippen LogP contribution < -0.4 is 0 Å². The van der Waals surface area contributed by atoms with Gasteiger partial charge >= 0.3 is 5.97 Å². The van der Waals surface area contributed by atoms with Gasteiger partial charge in [-0.25, -0.2) is 4.79 Å². The van der Waals surface area contributed by atoms with Crippen LogP contribution in [0.25, 0.3) is 0 Å². The SMILES string of the molecule is CO[C@@H]1C[C@H](CC(C)[C@@H]2CC[C@H](C)/C=C(\C)[C@@H](O)[C@@H](OC)C(=O)[C@H](C)C[C@H](C)/C=C/C=C/C=C(\C)CC[C@@H]3CC[C@@H](C)[C@@](O)(O3)C(=O)C(=O)N3CCCC[C@H]3C(=O)O2)CC[C@H]1O. The molecule has 4 rings (SSSR count). The molecule has 2 bridgehead atoms. The molecule has 62 heavy (non-hydrogen) atoms. The van der Waals surface area contributed by atoms with E-state index in [1.807, 2.05) is 51.2 Å². The van der Waals surface area contributed by atoms with Crippen molar-refractivity contribution in [2.45, 2.75) is 187 Å². The van der Waals surface area contributed by atoms with E-state index < -0.39 is 65.9 Å². The normalized spacial score (nSPS) is 40.5. The maximum Gasteiger partial charge on any atom is 0.329 e. The highest BCUT2D eigenvalue weighted by Crippen LogP contribution is 2.37. The summed E-state index contributed by atoms with van der Waals surface area (Å²) in [5, 5.41) is 33.7. The second kappa shape index (κ2) is 24.3. The number of cyclic esters (lactones) is 1. The van der Waals surface area contributed by atoms with Gasteiger partial charge in [0.25, 0.3) is 11.7 Å². The van der Waals surface area contributed by atoms with E-state index in [1.54, 1.807) is 21.0 Å². The lowest BCUT2D eigenvalue weighted by atomic mass is 9.78. The summed E-state index contributed by atoms with van der Waals surface area (Å²) in [5.74, 6) is -5.78. The molecule has 1 saturated carbocycles. The van der Waals surface area contributed by atoms with Gasteiger partial charge in [0, 0.05) is 32.6 Å². The number of ketones is 2. The Hall–Kier alpha value is -3.00. The van der Waals surface area contributed by atoms with E-state index in [4.69, 9.17) is 18.9 Å². The molecule has 2 saturated heterocycles. The predicted octanol–water partition coefficient (Wildman–Crippen LogP) is 7.38. The molecule has 350 valence electrons. The molecule has 1 unspecified atom stereocenters. The minimum atomic E-state index is -2.31. The number of allylic oxidation sites excluding steroid dienone is 7. The highest BCUT2D eigenvalue weighted by atomic mass is 16.6. The molecule has 12 nitrogen and oxygen atoms in total. The van der Waals surface area contributed by atoms with E-state index in [0.29, 0.717) is 82.6 Å². The van der Waals surface area contributed by atoms with Gasteiger partial charge in [-0.2, -0.15) is 0 Å². The summed E-state index contributed by atoms with van der Waals surface area (Å²) in [6.07, 6.45) is 16.5. The van der Waals surface area contributed by atoms with Crippen molar-refractivity contribution in [3.63, 3.8) is 0 Å². The summed E-state index contributed by atoms with van der Waals surface area (Å²) in [6.45, 7) is 13.7. The number of nitrogens with zero attached hydrogens (tertiary/aromatic N) is 1. The number of amides is 1. The van der Waals surface area contributed by atoms with Crippen molar-refractivity contribution in [1.29, 1.82) is 0 Å². The summed E-state index contributed by atoms with van der Waals surface area (Å²) in [7, 11) is 3.06. The highest BCUT2D eigenvalue weighted by Gasteiger charge is 2.52. The van der Waals surface area contributed by atoms with Crippen LogP contribution in [0.15, 0.2) is 47.6 Å². The zero-order valence-corrected chi connectivity index (χ0v) is 39.1. The Kier molecular flexibility index (Phi) is 20.3. The third kappa shape index (κ3) is 14.0. The van der Waals surface area contributed by atoms with Gasteiger partial charge in [-0.15, -0.1) is 0 Å². The highest BCUT2D eigenvalue weighted by molar-refractivity contribution is 6.39. The van der Waals surface area contributed by atoms with Gasteiger partial charge in [0.05, 0.1) is 18.3 Å². The van der Waals surface area contributed by atoms with Crippen molar-refractivity contribution in [1.82, 2.24) is 4.90 Å². The molecule has 3 aliphatic heterocycles. The van der Waals surface area contributed by atoms with Crippen LogP contribution in [0.3, 0.4) is 0 Å². The van der Waals surface area contributed by atoms with Gasteiger partial charge in [-0.3, -0.25) is 14.4 Å². The number of hydrogen-bond acceptors (Lipinski definition) is 11. The topological polar surface area (TPSA) is 169 Å². The number of piperidine rings is 1. The molecule has 0 radical (unpaired) electrons. The molecule has 3 fully saturated rings. The van der Waals surface area contributed by atoms with Gasteiger partial charge in [0.15, 0.2) is 5.78 Å². The maximum absolute atomic E-state index is 14.3. The summed E-state index contributed by atoms with van der Waals surface area (Å²) >= 11 is 0. The first kappa shape index (κ1) is 51.6. The first-order valence-corrected chi connectivity index (χ1v) is 23.5. The van der Waals surface area contributed by atoms with Crippen LogP contribution in [0.2, 0.25) is 0 Å². The third-order valence-corrected chi connectivity index (χ3v) is 14.1. The van der Waals surface area contributed by atoms with E-state index in [-0.39, 0.29) is 48.0 Å². The minimum absolute atomic E-state index is 0.0638. The summed E-state index contributed by atoms with van der Waals surface area (Å²) in [6, 6.07) is -0.994. The van der Waals surface area contributed by atoms with E-state index in [1.165, 1.54) is 12.0 Å². The Morgan fingerprint density at radius 3 is 2.31 bits per heavy atom. The number of aliphatic hydroxyl groups is 3. The van der Waals surface area contributed by atoms with E-state index in [9.17, 15) is 34.5 Å². The molecule has 1 amide bonds. The second-order valence-corrected chi connectivity index (χ2v) is 19.4. The molecule has 0 spiro atoms. The average Bonchev–Trinajstić information content (AvgIpc) is 3.25. The lowest BCUT2D eigenvalue weighted by Crippen LogP contribution is -2.60. The number of carbonyl (C=O) groups is 4. The second-order valence-electron chi connectivity index (χ2n) is 19.4. The molecule has 14 atom stereocenters. The van der Waals surface area contributed by atoms with Crippen LogP contribution >= 0.6 is 0 Å². The van der Waals surface area contributed by atoms with Crippen LogP contribution in [-0.4, -0.2) is 113 Å². The molecule has 3 heterocycles. The number of fused-ring (bicyclic) bond motifs is 3. The fraction of sp³-hybridized carbons (Fsp3) is 0.760. The quantitative estimate of drug-likeness (QED) is 0.143. The monoisotopic (exact) mass is 870 g/mol. The van der Waals surface area contributed by atoms with Crippen LogP contribution in [0.5, 0.6) is 0 Å². The smallest absolute Gasteiger partial charge is 0.329 e. The zero-order valence-electron chi connectivity index (χ0n) is 39.1. The van der Waals surface area contributed by atoms with Gasteiger partial charge in [-0.05, 0) is 133 Å². The van der Waals surface area contributed by atoms with Crippen molar-refractivity contribution in [3.8, 4) is 0 Å². The molecular formula is C50H79NO11. The van der Waals surface area contributed by atoms with Crippen molar-refractivity contribution in [3.05, 3.63) is 47.6 Å². The van der Waals surface area contributed by atoms with Gasteiger partial charge in [-0.1, -0.05) is 76.6 Å². The number of hydrogen-bond donors (Lipinski definition) is 3. The number of Topliss-reactive ketones (excluding diaryl/α,β-unsaturated/α-hetero) is 2. The van der Waals surface area contributed by atoms with Crippen molar-refractivity contribution in [2.75, 3.05) is 20.8 Å².